The molecule has 3 aromatic rings. The van der Waals surface area contributed by atoms with Crippen molar-refractivity contribution < 1.29 is 14.3 Å². The van der Waals surface area contributed by atoms with E-state index < -0.39 is 0 Å². The van der Waals surface area contributed by atoms with Crippen molar-refractivity contribution in [3.63, 3.8) is 0 Å². The van der Waals surface area contributed by atoms with Gasteiger partial charge in [0.25, 0.3) is 0 Å². The number of alkyl carbamates (subject to hydrolysis) is 1. The monoisotopic (exact) mass is 448 g/mol. The second-order valence-electron chi connectivity index (χ2n) is 8.79. The van der Waals surface area contributed by atoms with E-state index >= 15 is 0 Å². The Bertz CT molecular complexity index is 1190. The summed E-state index contributed by atoms with van der Waals surface area (Å²) in [6.07, 6.45) is 6.18. The molecule has 172 valence electrons. The molecule has 9 nitrogen and oxygen atoms in total. The second kappa shape index (κ2) is 8.98. The molecule has 1 saturated heterocycles. The van der Waals surface area contributed by atoms with Gasteiger partial charge < -0.3 is 19.7 Å². The number of pyridine rings is 2. The second-order valence-corrected chi connectivity index (χ2v) is 8.79. The fourth-order valence-electron chi connectivity index (χ4n) is 4.09. The predicted molar refractivity (Wildman–Crippen MR) is 124 cm³/mol. The fraction of sp³-hybridized carbons (Fsp3) is 0.417. The van der Waals surface area contributed by atoms with Crippen LogP contribution >= 0.6 is 0 Å². The van der Waals surface area contributed by atoms with Crippen LogP contribution in [0.5, 0.6) is 5.75 Å². The van der Waals surface area contributed by atoms with Gasteiger partial charge in [0.05, 0.1) is 36.7 Å². The minimum Gasteiger partial charge on any atom is -0.495 e. The zero-order valence-corrected chi connectivity index (χ0v) is 19.3. The molecule has 1 amide bonds. The third kappa shape index (κ3) is 4.70. The molecular formula is C24H28N6O3. The highest BCUT2D eigenvalue weighted by molar-refractivity contribution is 5.85. The molecule has 0 aliphatic carbocycles. The van der Waals surface area contributed by atoms with E-state index in [1.54, 1.807) is 24.0 Å². The standard InChI is InChI=1S/C24H28N6O3/c1-16(2)33-23(31)28-24(3)7-9-29(10-8-24)21-6-5-17(13-26-21)20-11-19(32-4)15-30-22(20)18(12-25)14-27-30/h5-6,11,13-16H,7-10H2,1-4H3,(H,28,31). The first-order valence-corrected chi connectivity index (χ1v) is 11.0. The maximum absolute atomic E-state index is 12.0. The van der Waals surface area contributed by atoms with E-state index in [0.717, 1.165) is 48.4 Å². The molecule has 1 N–H and O–H groups in total. The average molecular weight is 449 g/mol. The molecule has 0 spiro atoms. The Hall–Kier alpha value is -3.80. The number of nitriles is 1. The number of piperidine rings is 1. The van der Waals surface area contributed by atoms with Crippen LogP contribution in [-0.4, -0.2) is 52.5 Å². The quantitative estimate of drug-likeness (QED) is 0.633. The lowest BCUT2D eigenvalue weighted by molar-refractivity contribution is 0.102. The lowest BCUT2D eigenvalue weighted by Crippen LogP contribution is -2.54. The van der Waals surface area contributed by atoms with Gasteiger partial charge in [0.1, 0.15) is 17.6 Å². The van der Waals surface area contributed by atoms with Crippen LogP contribution in [0.2, 0.25) is 0 Å². The van der Waals surface area contributed by atoms with Gasteiger partial charge in [0.15, 0.2) is 0 Å². The molecule has 33 heavy (non-hydrogen) atoms. The van der Waals surface area contributed by atoms with Crippen molar-refractivity contribution in [1.82, 2.24) is 19.9 Å². The highest BCUT2D eigenvalue weighted by Gasteiger charge is 2.32. The van der Waals surface area contributed by atoms with Gasteiger partial charge >= 0.3 is 6.09 Å². The summed E-state index contributed by atoms with van der Waals surface area (Å²) in [6.45, 7) is 7.27. The number of nitrogens with zero attached hydrogens (tertiary/aromatic N) is 5. The number of hydrogen-bond donors (Lipinski definition) is 1. The van der Waals surface area contributed by atoms with Crippen LogP contribution in [0.1, 0.15) is 39.2 Å². The van der Waals surface area contributed by atoms with E-state index in [4.69, 9.17) is 9.47 Å². The number of methoxy groups -OCH3 is 1. The van der Waals surface area contributed by atoms with E-state index in [9.17, 15) is 10.1 Å². The van der Waals surface area contributed by atoms with E-state index in [-0.39, 0.29) is 17.7 Å². The van der Waals surface area contributed by atoms with Crippen LogP contribution in [0.4, 0.5) is 10.6 Å². The highest BCUT2D eigenvalue weighted by atomic mass is 16.6. The number of fused-ring (bicyclic) bond motifs is 1. The molecule has 1 aliphatic rings. The Morgan fingerprint density at radius 1 is 1.27 bits per heavy atom. The van der Waals surface area contributed by atoms with Crippen LogP contribution in [-0.2, 0) is 4.74 Å². The highest BCUT2D eigenvalue weighted by Crippen LogP contribution is 2.32. The molecule has 1 fully saturated rings. The lowest BCUT2D eigenvalue weighted by Gasteiger charge is -2.40. The number of carbonyl (C=O) groups excluding carboxylic acids is 1. The molecule has 0 atom stereocenters. The molecular weight excluding hydrogens is 420 g/mol. The molecule has 0 bridgehead atoms. The van der Waals surface area contributed by atoms with Gasteiger partial charge in [-0.2, -0.15) is 10.4 Å². The minimum atomic E-state index is -0.371. The minimum absolute atomic E-state index is 0.144. The number of nitrogens with one attached hydrogen (secondary N) is 1. The molecule has 4 rings (SSSR count). The first-order chi connectivity index (χ1) is 15.8. The Labute approximate surface area is 192 Å². The zero-order valence-electron chi connectivity index (χ0n) is 19.3. The largest absolute Gasteiger partial charge is 0.495 e. The van der Waals surface area contributed by atoms with E-state index in [1.807, 2.05) is 38.2 Å². The van der Waals surface area contributed by atoms with Crippen molar-refractivity contribution >= 4 is 17.4 Å². The van der Waals surface area contributed by atoms with Gasteiger partial charge in [0, 0.05) is 36.0 Å². The molecule has 3 aromatic heterocycles. The lowest BCUT2D eigenvalue weighted by atomic mass is 9.90. The van der Waals surface area contributed by atoms with Gasteiger partial charge in [-0.25, -0.2) is 14.3 Å². The Morgan fingerprint density at radius 2 is 2.03 bits per heavy atom. The third-order valence-corrected chi connectivity index (χ3v) is 5.94. The van der Waals surface area contributed by atoms with E-state index in [0.29, 0.717) is 11.3 Å². The van der Waals surface area contributed by atoms with Crippen molar-refractivity contribution in [3.05, 3.63) is 42.4 Å². The Balaban J connectivity index is 1.51. The van der Waals surface area contributed by atoms with Crippen LogP contribution in [0.15, 0.2) is 36.8 Å². The molecule has 9 heteroatoms. The molecule has 4 heterocycles. The van der Waals surface area contributed by atoms with Crippen molar-refractivity contribution in [1.29, 1.82) is 5.26 Å². The maximum atomic E-state index is 12.0. The van der Waals surface area contributed by atoms with Gasteiger partial charge in [-0.15, -0.1) is 0 Å². The molecule has 0 unspecified atom stereocenters. The number of carbonyl (C=O) groups is 1. The number of hydrogen-bond acceptors (Lipinski definition) is 7. The Kier molecular flexibility index (Phi) is 6.09. The van der Waals surface area contributed by atoms with Crippen LogP contribution in [0.3, 0.4) is 0 Å². The molecule has 0 saturated carbocycles. The van der Waals surface area contributed by atoms with Crippen LogP contribution in [0, 0.1) is 11.3 Å². The number of ether oxygens (including phenoxy) is 2. The van der Waals surface area contributed by atoms with Gasteiger partial charge in [-0.1, -0.05) is 0 Å². The van der Waals surface area contributed by atoms with Crippen molar-refractivity contribution in [2.75, 3.05) is 25.1 Å². The normalized spacial score (nSPS) is 15.3. The summed E-state index contributed by atoms with van der Waals surface area (Å²) in [6, 6.07) is 8.07. The summed E-state index contributed by atoms with van der Waals surface area (Å²) in [7, 11) is 1.60. The first-order valence-electron chi connectivity index (χ1n) is 11.0. The fourth-order valence-corrected chi connectivity index (χ4v) is 4.09. The number of anilines is 1. The van der Waals surface area contributed by atoms with Crippen LogP contribution < -0.4 is 15.0 Å². The summed E-state index contributed by atoms with van der Waals surface area (Å²) >= 11 is 0. The number of aromatic nitrogens is 3. The Morgan fingerprint density at radius 3 is 2.64 bits per heavy atom. The molecule has 0 radical (unpaired) electrons. The molecule has 1 aliphatic heterocycles. The van der Waals surface area contributed by atoms with Crippen molar-refractivity contribution in [2.45, 2.75) is 45.3 Å². The average Bonchev–Trinajstić information content (AvgIpc) is 3.21. The SMILES string of the molecule is COc1cc(-c2ccc(N3CCC(C)(NC(=O)OC(C)C)CC3)nc2)c2c(C#N)cnn2c1. The third-order valence-electron chi connectivity index (χ3n) is 5.94. The van der Waals surface area contributed by atoms with Gasteiger partial charge in [-0.05, 0) is 51.8 Å². The van der Waals surface area contributed by atoms with E-state index in [1.165, 1.54) is 0 Å². The van der Waals surface area contributed by atoms with E-state index in [2.05, 4.69) is 33.3 Å². The predicted octanol–water partition coefficient (Wildman–Crippen LogP) is 3.77. The zero-order chi connectivity index (χ0) is 23.6. The number of amides is 1. The molecule has 0 aromatic carbocycles. The van der Waals surface area contributed by atoms with Crippen LogP contribution in [0.25, 0.3) is 16.6 Å². The summed E-state index contributed by atoms with van der Waals surface area (Å²) in [5.74, 6) is 1.52. The topological polar surface area (TPSA) is 105 Å². The summed E-state index contributed by atoms with van der Waals surface area (Å²) in [5, 5.41) is 16.8. The van der Waals surface area contributed by atoms with Gasteiger partial charge in [0.2, 0.25) is 0 Å². The van der Waals surface area contributed by atoms with Gasteiger partial charge in [-0.3, -0.25) is 0 Å². The maximum Gasteiger partial charge on any atom is 0.407 e. The summed E-state index contributed by atoms with van der Waals surface area (Å²) in [5.41, 5.74) is 2.63. The summed E-state index contributed by atoms with van der Waals surface area (Å²) in [4.78, 5) is 18.9. The summed E-state index contributed by atoms with van der Waals surface area (Å²) < 4.78 is 12.3. The van der Waals surface area contributed by atoms with Crippen molar-refractivity contribution in [2.24, 2.45) is 0 Å². The number of rotatable bonds is 5. The van der Waals surface area contributed by atoms with Crippen molar-refractivity contribution in [3.8, 4) is 22.9 Å². The first kappa shape index (κ1) is 22.4. The smallest absolute Gasteiger partial charge is 0.407 e.